The Hall–Kier alpha value is -2.11. The highest BCUT2D eigenvalue weighted by Crippen LogP contribution is 2.27. The van der Waals surface area contributed by atoms with Crippen LogP contribution in [0.3, 0.4) is 0 Å². The van der Waals surface area contributed by atoms with E-state index < -0.39 is 15.9 Å². The van der Waals surface area contributed by atoms with Crippen molar-refractivity contribution in [2.24, 2.45) is 0 Å². The predicted octanol–water partition coefficient (Wildman–Crippen LogP) is 3.61. The van der Waals surface area contributed by atoms with Crippen molar-refractivity contribution in [3.8, 4) is 0 Å². The van der Waals surface area contributed by atoms with Gasteiger partial charge in [-0.3, -0.25) is 4.79 Å². The molecule has 24 heavy (non-hydrogen) atoms. The third-order valence-electron chi connectivity index (χ3n) is 3.81. The zero-order chi connectivity index (χ0) is 17.3. The van der Waals surface area contributed by atoms with Crippen LogP contribution in [0.5, 0.6) is 0 Å². The lowest BCUT2D eigenvalue weighted by molar-refractivity contribution is 0.0983. The molecule has 124 valence electrons. The molecule has 0 radical (unpaired) electrons. The Kier molecular flexibility index (Phi) is 4.47. The molecule has 3 rings (SSSR count). The lowest BCUT2D eigenvalue weighted by Crippen LogP contribution is -2.41. The highest BCUT2D eigenvalue weighted by Gasteiger charge is 2.32. The number of carbonyl (C=O) groups is 1. The minimum atomic E-state index is -3.29. The first kappa shape index (κ1) is 16.7. The Labute approximate surface area is 146 Å². The first-order valence-electron chi connectivity index (χ1n) is 7.42. The number of sulfone groups is 1. The van der Waals surface area contributed by atoms with E-state index >= 15 is 0 Å². The van der Waals surface area contributed by atoms with E-state index in [0.29, 0.717) is 16.3 Å². The molecule has 0 bridgehead atoms. The highest BCUT2D eigenvalue weighted by atomic mass is 35.5. The van der Waals surface area contributed by atoms with E-state index in [1.165, 1.54) is 10.3 Å². The Morgan fingerprint density at radius 1 is 1.17 bits per heavy atom. The summed E-state index contributed by atoms with van der Waals surface area (Å²) < 4.78 is 23.6. The van der Waals surface area contributed by atoms with Crippen molar-refractivity contribution in [2.45, 2.75) is 13.0 Å². The quantitative estimate of drug-likeness (QED) is 0.839. The molecule has 2 aromatic carbocycles. The summed E-state index contributed by atoms with van der Waals surface area (Å²) in [5.74, 6) is -0.385. The number of rotatable bonds is 3. The molecule has 0 unspecified atom stereocenters. The standard InChI is InChI=1S/C18H16ClNO3S/c1-13-4-2-5-14(10-13)18(21)20(16-7-3-6-15(19)11-16)17-8-9-24(22,23)12-17/h2-11,17H,12H2,1H3/t17-/m1/s1. The molecule has 1 aliphatic rings. The average Bonchev–Trinajstić information content (AvgIpc) is 2.87. The topological polar surface area (TPSA) is 54.5 Å². The zero-order valence-electron chi connectivity index (χ0n) is 13.0. The van der Waals surface area contributed by atoms with Gasteiger partial charge in [0.15, 0.2) is 9.84 Å². The van der Waals surface area contributed by atoms with Gasteiger partial charge in [-0.2, -0.15) is 0 Å². The molecule has 0 fully saturated rings. The summed E-state index contributed by atoms with van der Waals surface area (Å²) in [6.45, 7) is 1.90. The summed E-state index contributed by atoms with van der Waals surface area (Å²) >= 11 is 6.05. The van der Waals surface area contributed by atoms with Crippen LogP contribution in [-0.4, -0.2) is 26.1 Å². The molecule has 1 atom stereocenters. The highest BCUT2D eigenvalue weighted by molar-refractivity contribution is 7.94. The zero-order valence-corrected chi connectivity index (χ0v) is 14.6. The molecule has 0 saturated heterocycles. The van der Waals surface area contributed by atoms with Gasteiger partial charge in [0, 0.05) is 21.7 Å². The fourth-order valence-electron chi connectivity index (χ4n) is 2.72. The fourth-order valence-corrected chi connectivity index (χ4v) is 4.18. The molecule has 0 aliphatic carbocycles. The molecule has 1 aliphatic heterocycles. The number of anilines is 1. The van der Waals surface area contributed by atoms with E-state index in [1.807, 2.05) is 13.0 Å². The minimum Gasteiger partial charge on any atom is -0.300 e. The van der Waals surface area contributed by atoms with Crippen molar-refractivity contribution in [3.63, 3.8) is 0 Å². The second-order valence-corrected chi connectivity index (χ2v) is 8.12. The van der Waals surface area contributed by atoms with Crippen LogP contribution in [-0.2, 0) is 9.84 Å². The van der Waals surface area contributed by atoms with Crippen molar-refractivity contribution in [2.75, 3.05) is 10.7 Å². The molecule has 1 heterocycles. The smallest absolute Gasteiger partial charge is 0.258 e. The van der Waals surface area contributed by atoms with Gasteiger partial charge in [0.25, 0.3) is 5.91 Å². The van der Waals surface area contributed by atoms with Gasteiger partial charge in [0.1, 0.15) is 0 Å². The van der Waals surface area contributed by atoms with E-state index in [-0.39, 0.29) is 11.7 Å². The number of benzene rings is 2. The lowest BCUT2D eigenvalue weighted by atomic mass is 10.1. The van der Waals surface area contributed by atoms with Crippen molar-refractivity contribution in [1.29, 1.82) is 0 Å². The Morgan fingerprint density at radius 2 is 1.92 bits per heavy atom. The maximum absolute atomic E-state index is 13.1. The van der Waals surface area contributed by atoms with Crippen LogP contribution in [0.25, 0.3) is 0 Å². The second-order valence-electron chi connectivity index (χ2n) is 5.75. The maximum Gasteiger partial charge on any atom is 0.258 e. The van der Waals surface area contributed by atoms with Gasteiger partial charge in [-0.25, -0.2) is 8.42 Å². The number of hydrogen-bond donors (Lipinski definition) is 0. The first-order chi connectivity index (χ1) is 11.4. The van der Waals surface area contributed by atoms with Gasteiger partial charge < -0.3 is 4.90 Å². The summed E-state index contributed by atoms with van der Waals surface area (Å²) in [5.41, 5.74) is 2.04. The van der Waals surface area contributed by atoms with E-state index in [2.05, 4.69) is 0 Å². The Balaban J connectivity index is 2.05. The van der Waals surface area contributed by atoms with E-state index in [0.717, 1.165) is 5.56 Å². The molecule has 2 aromatic rings. The third kappa shape index (κ3) is 3.52. The van der Waals surface area contributed by atoms with Crippen LogP contribution in [0.1, 0.15) is 15.9 Å². The molecule has 0 N–H and O–H groups in total. The molecule has 4 nitrogen and oxygen atoms in total. The van der Waals surface area contributed by atoms with Gasteiger partial charge in [-0.15, -0.1) is 0 Å². The molecular weight excluding hydrogens is 346 g/mol. The van der Waals surface area contributed by atoms with Gasteiger partial charge in [-0.1, -0.05) is 35.4 Å². The van der Waals surface area contributed by atoms with Crippen LogP contribution in [0.2, 0.25) is 5.02 Å². The van der Waals surface area contributed by atoms with Gasteiger partial charge in [0.05, 0.1) is 11.8 Å². The summed E-state index contributed by atoms with van der Waals surface area (Å²) in [6.07, 6.45) is 1.55. The normalized spacial score (nSPS) is 18.5. The van der Waals surface area contributed by atoms with Crippen molar-refractivity contribution in [3.05, 3.63) is 76.2 Å². The summed E-state index contributed by atoms with van der Waals surface area (Å²) in [5, 5.41) is 1.65. The number of halogens is 1. The SMILES string of the molecule is Cc1cccc(C(=O)N(c2cccc(Cl)c2)[C@@H]2C=CS(=O)(=O)C2)c1. The summed E-state index contributed by atoms with van der Waals surface area (Å²) in [7, 11) is -3.29. The molecule has 1 amide bonds. The monoisotopic (exact) mass is 361 g/mol. The second kappa shape index (κ2) is 6.42. The van der Waals surface area contributed by atoms with Crippen molar-refractivity contribution in [1.82, 2.24) is 0 Å². The number of carbonyl (C=O) groups excluding carboxylic acids is 1. The number of hydrogen-bond acceptors (Lipinski definition) is 3. The van der Waals surface area contributed by atoms with Crippen LogP contribution in [0.15, 0.2) is 60.0 Å². The largest absolute Gasteiger partial charge is 0.300 e. The van der Waals surface area contributed by atoms with Crippen LogP contribution >= 0.6 is 11.6 Å². The van der Waals surface area contributed by atoms with Crippen LogP contribution in [0, 0.1) is 6.92 Å². The number of aryl methyl sites for hydroxylation is 1. The number of amides is 1. The molecule has 6 heteroatoms. The van der Waals surface area contributed by atoms with Crippen LogP contribution in [0.4, 0.5) is 5.69 Å². The van der Waals surface area contributed by atoms with E-state index in [1.54, 1.807) is 48.5 Å². The Morgan fingerprint density at radius 3 is 2.54 bits per heavy atom. The summed E-state index contributed by atoms with van der Waals surface area (Å²) in [6, 6.07) is 13.5. The third-order valence-corrected chi connectivity index (χ3v) is 5.43. The first-order valence-corrected chi connectivity index (χ1v) is 9.52. The summed E-state index contributed by atoms with van der Waals surface area (Å²) in [4.78, 5) is 14.5. The van der Waals surface area contributed by atoms with E-state index in [9.17, 15) is 13.2 Å². The molecule has 0 saturated carbocycles. The van der Waals surface area contributed by atoms with Crippen molar-refractivity contribution < 1.29 is 13.2 Å². The minimum absolute atomic E-state index is 0.128. The molecule has 0 aromatic heterocycles. The van der Waals surface area contributed by atoms with Gasteiger partial charge in [0.2, 0.25) is 0 Å². The van der Waals surface area contributed by atoms with Crippen molar-refractivity contribution >= 4 is 33.0 Å². The maximum atomic E-state index is 13.1. The predicted molar refractivity (Wildman–Crippen MR) is 96.2 cm³/mol. The van der Waals surface area contributed by atoms with Gasteiger partial charge >= 0.3 is 0 Å². The number of nitrogens with zero attached hydrogens (tertiary/aromatic N) is 1. The van der Waals surface area contributed by atoms with Gasteiger partial charge in [-0.05, 0) is 43.3 Å². The Bertz CT molecular complexity index is 921. The molecular formula is C18H16ClNO3S. The lowest BCUT2D eigenvalue weighted by Gasteiger charge is -2.28. The van der Waals surface area contributed by atoms with Crippen LogP contribution < -0.4 is 4.90 Å². The fraction of sp³-hybridized carbons (Fsp3) is 0.167. The molecule has 0 spiro atoms. The van der Waals surface area contributed by atoms with E-state index in [4.69, 9.17) is 11.6 Å². The average molecular weight is 362 g/mol.